The van der Waals surface area contributed by atoms with Crippen LogP contribution in [-0.4, -0.2) is 36.1 Å². The van der Waals surface area contributed by atoms with E-state index in [0.29, 0.717) is 0 Å². The maximum Gasteiger partial charge on any atom is 0.119 e. The predicted molar refractivity (Wildman–Crippen MR) is 67.0 cm³/mol. The van der Waals surface area contributed by atoms with E-state index in [2.05, 4.69) is 0 Å². The maximum atomic E-state index is 9.17. The highest BCUT2D eigenvalue weighted by Crippen LogP contribution is 2.15. The van der Waals surface area contributed by atoms with Crippen molar-refractivity contribution in [3.05, 3.63) is 29.8 Å². The molecule has 1 aromatic rings. The van der Waals surface area contributed by atoms with E-state index in [1.54, 1.807) is 0 Å². The quantitative estimate of drug-likeness (QED) is 0.584. The van der Waals surface area contributed by atoms with Crippen molar-refractivity contribution in [1.82, 2.24) is 0 Å². The van der Waals surface area contributed by atoms with Gasteiger partial charge in [0.2, 0.25) is 0 Å². The smallest absolute Gasteiger partial charge is 0.119 e. The van der Waals surface area contributed by atoms with E-state index < -0.39 is 6.10 Å². The standard InChI is InChI=1S/C13H21NO3/c14-7-2-1-4-11-5-3-6-13(8-11)17-10-12(16)9-15/h3,5-6,8,12,15-16H,1-2,4,7,9-10,14H2/t12-/m1/s1. The van der Waals surface area contributed by atoms with E-state index in [4.69, 9.17) is 15.6 Å². The Hall–Kier alpha value is -1.10. The summed E-state index contributed by atoms with van der Waals surface area (Å²) >= 11 is 0. The second-order valence-corrected chi connectivity index (χ2v) is 4.04. The van der Waals surface area contributed by atoms with Gasteiger partial charge >= 0.3 is 0 Å². The number of hydrogen-bond donors (Lipinski definition) is 3. The lowest BCUT2D eigenvalue weighted by Crippen LogP contribution is -2.21. The van der Waals surface area contributed by atoms with Gasteiger partial charge in [0, 0.05) is 0 Å². The third-order valence-electron chi connectivity index (χ3n) is 2.47. The van der Waals surface area contributed by atoms with Crippen LogP contribution < -0.4 is 10.5 Å². The van der Waals surface area contributed by atoms with Gasteiger partial charge in [-0.15, -0.1) is 0 Å². The number of benzene rings is 1. The molecular weight excluding hydrogens is 218 g/mol. The number of aryl methyl sites for hydroxylation is 1. The average Bonchev–Trinajstić information content (AvgIpc) is 2.37. The summed E-state index contributed by atoms with van der Waals surface area (Å²) in [6, 6.07) is 7.78. The minimum absolute atomic E-state index is 0.114. The van der Waals surface area contributed by atoms with Crippen molar-refractivity contribution in [2.45, 2.75) is 25.4 Å². The Morgan fingerprint density at radius 2 is 2.12 bits per heavy atom. The van der Waals surface area contributed by atoms with Crippen molar-refractivity contribution in [3.8, 4) is 5.75 Å². The first-order valence-electron chi connectivity index (χ1n) is 5.97. The predicted octanol–water partition coefficient (Wildman–Crippen LogP) is 0.700. The zero-order valence-corrected chi connectivity index (χ0v) is 10.0. The number of aliphatic hydroxyl groups excluding tert-OH is 2. The molecule has 0 spiro atoms. The monoisotopic (exact) mass is 239 g/mol. The van der Waals surface area contributed by atoms with Gasteiger partial charge < -0.3 is 20.7 Å². The molecule has 0 unspecified atom stereocenters. The van der Waals surface area contributed by atoms with Crippen LogP contribution in [0, 0.1) is 0 Å². The molecule has 0 aliphatic rings. The molecule has 17 heavy (non-hydrogen) atoms. The van der Waals surface area contributed by atoms with Gasteiger partial charge in [-0.2, -0.15) is 0 Å². The topological polar surface area (TPSA) is 75.7 Å². The lowest BCUT2D eigenvalue weighted by molar-refractivity contribution is 0.0536. The zero-order chi connectivity index (χ0) is 12.5. The number of ether oxygens (including phenoxy) is 1. The first-order chi connectivity index (χ1) is 8.26. The molecule has 0 saturated heterocycles. The van der Waals surface area contributed by atoms with Crippen molar-refractivity contribution in [2.24, 2.45) is 5.73 Å². The summed E-state index contributed by atoms with van der Waals surface area (Å²) in [7, 11) is 0. The number of rotatable bonds is 8. The van der Waals surface area contributed by atoms with Crippen LogP contribution in [-0.2, 0) is 6.42 Å². The number of hydrogen-bond acceptors (Lipinski definition) is 4. The van der Waals surface area contributed by atoms with E-state index in [9.17, 15) is 5.11 Å². The van der Waals surface area contributed by atoms with Gasteiger partial charge in [0.05, 0.1) is 6.61 Å². The average molecular weight is 239 g/mol. The van der Waals surface area contributed by atoms with E-state index in [1.165, 1.54) is 5.56 Å². The lowest BCUT2D eigenvalue weighted by Gasteiger charge is -2.10. The normalized spacial score (nSPS) is 12.4. The third-order valence-corrected chi connectivity index (χ3v) is 2.47. The minimum Gasteiger partial charge on any atom is -0.491 e. The molecule has 0 radical (unpaired) electrons. The first-order valence-corrected chi connectivity index (χ1v) is 5.97. The van der Waals surface area contributed by atoms with Gasteiger partial charge in [0.1, 0.15) is 18.5 Å². The van der Waals surface area contributed by atoms with Crippen LogP contribution in [0.1, 0.15) is 18.4 Å². The van der Waals surface area contributed by atoms with Crippen LogP contribution in [0.2, 0.25) is 0 Å². The van der Waals surface area contributed by atoms with E-state index >= 15 is 0 Å². The van der Waals surface area contributed by atoms with Gasteiger partial charge in [-0.25, -0.2) is 0 Å². The van der Waals surface area contributed by atoms with Crippen LogP contribution in [0.15, 0.2) is 24.3 Å². The van der Waals surface area contributed by atoms with Crippen LogP contribution >= 0.6 is 0 Å². The molecule has 0 bridgehead atoms. The van der Waals surface area contributed by atoms with Crippen LogP contribution in [0.4, 0.5) is 0 Å². The Morgan fingerprint density at radius 1 is 1.29 bits per heavy atom. The van der Waals surface area contributed by atoms with E-state index in [0.717, 1.165) is 31.6 Å². The highest BCUT2D eigenvalue weighted by atomic mass is 16.5. The maximum absolute atomic E-state index is 9.17. The van der Waals surface area contributed by atoms with Gasteiger partial charge in [0.15, 0.2) is 0 Å². The van der Waals surface area contributed by atoms with Crippen LogP contribution in [0.25, 0.3) is 0 Å². The first kappa shape index (κ1) is 14.0. The third kappa shape index (κ3) is 5.68. The summed E-state index contributed by atoms with van der Waals surface area (Å²) < 4.78 is 5.37. The SMILES string of the molecule is NCCCCc1cccc(OC[C@H](O)CO)c1. The molecule has 0 heterocycles. The summed E-state index contributed by atoms with van der Waals surface area (Å²) in [5, 5.41) is 17.8. The molecule has 1 rings (SSSR count). The Labute approximate surface area is 102 Å². The zero-order valence-electron chi connectivity index (χ0n) is 10.0. The Kier molecular flexibility index (Phi) is 6.62. The van der Waals surface area contributed by atoms with Gasteiger partial charge in [-0.05, 0) is 43.5 Å². The van der Waals surface area contributed by atoms with Crippen molar-refractivity contribution >= 4 is 0 Å². The molecule has 4 heteroatoms. The summed E-state index contributed by atoms with van der Waals surface area (Å²) in [6.45, 7) is 0.553. The van der Waals surface area contributed by atoms with Crippen molar-refractivity contribution in [3.63, 3.8) is 0 Å². The molecule has 0 aliphatic heterocycles. The highest BCUT2D eigenvalue weighted by Gasteiger charge is 2.03. The Balaban J connectivity index is 2.42. The molecule has 0 amide bonds. The molecule has 0 saturated carbocycles. The Bertz CT molecular complexity index is 317. The molecule has 4 nitrogen and oxygen atoms in total. The fraction of sp³-hybridized carbons (Fsp3) is 0.538. The highest BCUT2D eigenvalue weighted by molar-refractivity contribution is 5.28. The van der Waals surface area contributed by atoms with E-state index in [-0.39, 0.29) is 13.2 Å². The van der Waals surface area contributed by atoms with Crippen LogP contribution in [0.5, 0.6) is 5.75 Å². The fourth-order valence-corrected chi connectivity index (χ4v) is 1.51. The molecule has 96 valence electrons. The van der Waals surface area contributed by atoms with E-state index in [1.807, 2.05) is 24.3 Å². The van der Waals surface area contributed by atoms with Crippen molar-refractivity contribution in [2.75, 3.05) is 19.8 Å². The summed E-state index contributed by atoms with van der Waals surface area (Å²) in [5.41, 5.74) is 6.65. The summed E-state index contributed by atoms with van der Waals surface area (Å²) in [6.07, 6.45) is 2.25. The Morgan fingerprint density at radius 3 is 2.82 bits per heavy atom. The largest absolute Gasteiger partial charge is 0.491 e. The summed E-state index contributed by atoms with van der Waals surface area (Å²) in [5.74, 6) is 0.725. The fourth-order valence-electron chi connectivity index (χ4n) is 1.51. The molecule has 0 aliphatic carbocycles. The second-order valence-electron chi connectivity index (χ2n) is 4.04. The number of unbranched alkanes of at least 4 members (excludes halogenated alkanes) is 1. The molecule has 0 aromatic heterocycles. The number of aliphatic hydroxyl groups is 2. The van der Waals surface area contributed by atoms with Crippen molar-refractivity contribution < 1.29 is 14.9 Å². The summed E-state index contributed by atoms with van der Waals surface area (Å²) in [4.78, 5) is 0. The molecular formula is C13H21NO3. The molecule has 1 atom stereocenters. The second kappa shape index (κ2) is 8.06. The molecule has 1 aromatic carbocycles. The van der Waals surface area contributed by atoms with Crippen LogP contribution in [0.3, 0.4) is 0 Å². The van der Waals surface area contributed by atoms with Gasteiger partial charge in [-0.1, -0.05) is 12.1 Å². The van der Waals surface area contributed by atoms with Gasteiger partial charge in [-0.3, -0.25) is 0 Å². The minimum atomic E-state index is -0.823. The lowest BCUT2D eigenvalue weighted by atomic mass is 10.1. The number of nitrogens with two attached hydrogens (primary N) is 1. The molecule has 0 fully saturated rings. The van der Waals surface area contributed by atoms with Crippen molar-refractivity contribution in [1.29, 1.82) is 0 Å². The van der Waals surface area contributed by atoms with Gasteiger partial charge in [0.25, 0.3) is 0 Å². The molecule has 4 N–H and O–H groups in total.